The van der Waals surface area contributed by atoms with Crippen molar-refractivity contribution in [3.63, 3.8) is 0 Å². The molecule has 0 saturated heterocycles. The Morgan fingerprint density at radius 3 is 2.71 bits per heavy atom. The van der Waals surface area contributed by atoms with Crippen LogP contribution in [0.5, 0.6) is 0 Å². The zero-order chi connectivity index (χ0) is 19.7. The lowest BCUT2D eigenvalue weighted by molar-refractivity contribution is -0.119. The number of thiophene rings is 1. The van der Waals surface area contributed by atoms with Crippen LogP contribution in [-0.2, 0) is 17.6 Å². The highest BCUT2D eigenvalue weighted by molar-refractivity contribution is 7.99. The molecule has 0 unspecified atom stereocenters. The maximum atomic E-state index is 13.5. The third-order valence-corrected chi connectivity index (χ3v) is 7.64. The highest BCUT2D eigenvalue weighted by Gasteiger charge is 2.27. The third kappa shape index (κ3) is 3.82. The minimum absolute atomic E-state index is 0.0837. The summed E-state index contributed by atoms with van der Waals surface area (Å²) in [5, 5.41) is 3.58. The van der Waals surface area contributed by atoms with Crippen LogP contribution in [0, 0.1) is 0 Å². The van der Waals surface area contributed by atoms with Gasteiger partial charge in [0.05, 0.1) is 5.39 Å². The molecule has 3 amide bonds. The number of imide groups is 1. The van der Waals surface area contributed by atoms with Crippen LogP contribution in [0.4, 0.5) is 4.79 Å². The molecule has 2 heterocycles. The fourth-order valence-corrected chi connectivity index (χ4v) is 6.53. The molecule has 4 rings (SSSR count). The topological polar surface area (TPSA) is 107 Å². The van der Waals surface area contributed by atoms with Crippen LogP contribution in [0.25, 0.3) is 10.2 Å². The number of fused-ring (bicyclic) bond motifs is 3. The van der Waals surface area contributed by atoms with Gasteiger partial charge in [-0.3, -0.25) is 19.5 Å². The number of nitrogens with zero attached hydrogens (tertiary/aromatic N) is 2. The van der Waals surface area contributed by atoms with Crippen LogP contribution in [0.1, 0.15) is 61.4 Å². The second-order valence-corrected chi connectivity index (χ2v) is 9.56. The first kappa shape index (κ1) is 19.4. The Morgan fingerprint density at radius 2 is 1.96 bits per heavy atom. The van der Waals surface area contributed by atoms with Gasteiger partial charge in [-0.15, -0.1) is 11.3 Å². The van der Waals surface area contributed by atoms with E-state index < -0.39 is 11.9 Å². The van der Waals surface area contributed by atoms with Gasteiger partial charge in [0, 0.05) is 23.1 Å². The molecule has 9 heteroatoms. The monoisotopic (exact) mass is 420 g/mol. The molecule has 0 spiro atoms. The van der Waals surface area contributed by atoms with Gasteiger partial charge in [-0.05, 0) is 44.1 Å². The van der Waals surface area contributed by atoms with E-state index >= 15 is 0 Å². The van der Waals surface area contributed by atoms with Crippen LogP contribution >= 0.6 is 23.1 Å². The number of amides is 3. The van der Waals surface area contributed by atoms with Crippen molar-refractivity contribution in [3.05, 3.63) is 20.8 Å². The molecule has 7 nitrogen and oxygen atoms in total. The second-order valence-electron chi connectivity index (χ2n) is 7.41. The van der Waals surface area contributed by atoms with Gasteiger partial charge in [0.15, 0.2) is 5.16 Å². The summed E-state index contributed by atoms with van der Waals surface area (Å²) in [5.74, 6) is 0.0249. The summed E-state index contributed by atoms with van der Waals surface area (Å²) in [7, 11) is 0. The molecule has 150 valence electrons. The molecule has 1 saturated carbocycles. The average Bonchev–Trinajstić information content (AvgIpc) is 3.28. The van der Waals surface area contributed by atoms with E-state index in [0.29, 0.717) is 10.9 Å². The zero-order valence-corrected chi connectivity index (χ0v) is 17.3. The van der Waals surface area contributed by atoms with Crippen LogP contribution in [0.3, 0.4) is 0 Å². The maximum absolute atomic E-state index is 13.5. The predicted molar refractivity (Wildman–Crippen MR) is 111 cm³/mol. The van der Waals surface area contributed by atoms with E-state index in [4.69, 9.17) is 10.7 Å². The third-order valence-electron chi connectivity index (χ3n) is 5.50. The quantitative estimate of drug-likeness (QED) is 0.571. The van der Waals surface area contributed by atoms with Gasteiger partial charge in [0.1, 0.15) is 4.83 Å². The summed E-state index contributed by atoms with van der Waals surface area (Å²) in [6.07, 6.45) is 8.70. The Hall–Kier alpha value is -1.87. The Kier molecular flexibility index (Phi) is 5.73. The van der Waals surface area contributed by atoms with Crippen molar-refractivity contribution >= 4 is 45.3 Å². The minimum Gasteiger partial charge on any atom is -0.351 e. The van der Waals surface area contributed by atoms with Crippen molar-refractivity contribution in [1.29, 1.82) is 0 Å². The summed E-state index contributed by atoms with van der Waals surface area (Å²) in [6.45, 7) is 0. The summed E-state index contributed by atoms with van der Waals surface area (Å²) in [6, 6.07) is -0.660. The van der Waals surface area contributed by atoms with E-state index in [1.54, 1.807) is 11.3 Å². The molecular formula is C19H24N4O3S2. The average molecular weight is 421 g/mol. The minimum atomic E-state index is -0.846. The van der Waals surface area contributed by atoms with E-state index in [0.717, 1.165) is 55.2 Å². The van der Waals surface area contributed by atoms with Gasteiger partial charge >= 0.3 is 6.03 Å². The Balaban J connectivity index is 1.68. The standard InChI is InChI=1S/C19H24N4O3S2/c20-18(26)21-14(24)9-10-27-19-22-16-15(12-7-3-4-8-13(12)28-16)17(25)23(19)11-5-1-2-6-11/h11H,1-10H2,(H3,20,21,24,26). The van der Waals surface area contributed by atoms with Gasteiger partial charge < -0.3 is 5.73 Å². The van der Waals surface area contributed by atoms with E-state index in [-0.39, 0.29) is 18.0 Å². The van der Waals surface area contributed by atoms with Gasteiger partial charge in [-0.25, -0.2) is 9.78 Å². The van der Waals surface area contributed by atoms with E-state index in [2.05, 4.69) is 5.32 Å². The van der Waals surface area contributed by atoms with E-state index in [1.807, 2.05) is 4.57 Å². The molecule has 2 aliphatic carbocycles. The number of rotatable bonds is 5. The van der Waals surface area contributed by atoms with Crippen molar-refractivity contribution in [2.75, 3.05) is 5.75 Å². The fraction of sp³-hybridized carbons (Fsp3) is 0.579. The Bertz CT molecular complexity index is 976. The number of urea groups is 1. The van der Waals surface area contributed by atoms with Crippen molar-refractivity contribution in [1.82, 2.24) is 14.9 Å². The number of carbonyl (C=O) groups excluding carboxylic acids is 2. The number of aromatic nitrogens is 2. The number of nitrogens with one attached hydrogen (secondary N) is 1. The number of hydrogen-bond acceptors (Lipinski definition) is 6. The Labute approximate surface area is 171 Å². The summed E-state index contributed by atoms with van der Waals surface area (Å²) < 4.78 is 1.88. The summed E-state index contributed by atoms with van der Waals surface area (Å²) >= 11 is 3.06. The molecule has 0 aromatic carbocycles. The number of carbonyl (C=O) groups is 2. The highest BCUT2D eigenvalue weighted by atomic mass is 32.2. The number of primary amides is 1. The molecular weight excluding hydrogens is 396 g/mol. The van der Waals surface area contributed by atoms with Crippen LogP contribution in [0.2, 0.25) is 0 Å². The van der Waals surface area contributed by atoms with E-state index in [9.17, 15) is 14.4 Å². The number of aryl methyl sites for hydroxylation is 2. The van der Waals surface area contributed by atoms with Gasteiger partial charge in [0.2, 0.25) is 5.91 Å². The lowest BCUT2D eigenvalue weighted by Gasteiger charge is -2.18. The molecule has 0 bridgehead atoms. The molecule has 2 aromatic rings. The fourth-order valence-electron chi connectivity index (χ4n) is 4.22. The summed E-state index contributed by atoms with van der Waals surface area (Å²) in [5.41, 5.74) is 6.28. The molecule has 3 N–H and O–H groups in total. The van der Waals surface area contributed by atoms with Crippen molar-refractivity contribution < 1.29 is 9.59 Å². The van der Waals surface area contributed by atoms with Gasteiger partial charge in [0.25, 0.3) is 5.56 Å². The number of thioether (sulfide) groups is 1. The maximum Gasteiger partial charge on any atom is 0.318 e. The molecule has 1 fully saturated rings. The normalized spacial score (nSPS) is 17.0. The van der Waals surface area contributed by atoms with Crippen LogP contribution < -0.4 is 16.6 Å². The van der Waals surface area contributed by atoms with Crippen molar-refractivity contribution in [3.8, 4) is 0 Å². The first-order valence-electron chi connectivity index (χ1n) is 9.83. The predicted octanol–water partition coefficient (Wildman–Crippen LogP) is 3.13. The lowest BCUT2D eigenvalue weighted by atomic mass is 9.97. The first-order valence-corrected chi connectivity index (χ1v) is 11.6. The molecule has 0 radical (unpaired) electrons. The molecule has 2 aromatic heterocycles. The SMILES string of the molecule is NC(=O)NC(=O)CCSc1nc2sc3c(c2c(=O)n1C1CCCC1)CCCC3. The lowest BCUT2D eigenvalue weighted by Crippen LogP contribution is -2.35. The van der Waals surface area contributed by atoms with Gasteiger partial charge in [-0.2, -0.15) is 0 Å². The van der Waals surface area contributed by atoms with E-state index in [1.165, 1.54) is 28.6 Å². The molecule has 0 atom stereocenters. The number of hydrogen-bond donors (Lipinski definition) is 2. The zero-order valence-electron chi connectivity index (χ0n) is 15.7. The smallest absolute Gasteiger partial charge is 0.318 e. The van der Waals surface area contributed by atoms with Crippen molar-refractivity contribution in [2.45, 2.75) is 69.0 Å². The Morgan fingerprint density at radius 1 is 1.21 bits per heavy atom. The molecule has 0 aliphatic heterocycles. The van der Waals surface area contributed by atoms with Crippen LogP contribution in [0.15, 0.2) is 9.95 Å². The highest BCUT2D eigenvalue weighted by Crippen LogP contribution is 2.37. The first-order chi connectivity index (χ1) is 13.5. The van der Waals surface area contributed by atoms with Crippen molar-refractivity contribution in [2.24, 2.45) is 5.73 Å². The molecule has 2 aliphatic rings. The summed E-state index contributed by atoms with van der Waals surface area (Å²) in [4.78, 5) is 43.0. The molecule has 28 heavy (non-hydrogen) atoms. The van der Waals surface area contributed by atoms with Gasteiger partial charge in [-0.1, -0.05) is 24.6 Å². The largest absolute Gasteiger partial charge is 0.351 e. The van der Waals surface area contributed by atoms with Crippen LogP contribution in [-0.4, -0.2) is 27.2 Å². The number of nitrogens with two attached hydrogens (primary N) is 1. The second kappa shape index (κ2) is 8.24.